The van der Waals surface area contributed by atoms with Crippen LogP contribution in [-0.2, 0) is 4.74 Å². The van der Waals surface area contributed by atoms with Crippen LogP contribution in [0.4, 0.5) is 4.79 Å². The van der Waals surface area contributed by atoms with E-state index in [2.05, 4.69) is 5.32 Å². The Labute approximate surface area is 144 Å². The van der Waals surface area contributed by atoms with Crippen molar-refractivity contribution in [2.75, 3.05) is 33.4 Å². The van der Waals surface area contributed by atoms with Crippen LogP contribution in [0.1, 0.15) is 39.3 Å². The first-order chi connectivity index (χ1) is 11.4. The van der Waals surface area contributed by atoms with Crippen LogP contribution >= 0.6 is 0 Å². The molecule has 0 spiro atoms. The molecule has 0 bridgehead atoms. The highest BCUT2D eigenvalue weighted by Gasteiger charge is 2.33. The number of piperazine rings is 1. The molecule has 1 unspecified atom stereocenters. The first-order valence-corrected chi connectivity index (χ1v) is 8.37. The summed E-state index contributed by atoms with van der Waals surface area (Å²) in [5.41, 5.74) is 0.394. The van der Waals surface area contributed by atoms with E-state index >= 15 is 0 Å². The SMILES string of the molecule is CCOc1cccc(C2CNCCN2C(=O)OC(C)(C)C)c1OC. The Morgan fingerprint density at radius 2 is 2.12 bits per heavy atom. The number of rotatable bonds is 4. The number of methoxy groups -OCH3 is 1. The average Bonchev–Trinajstić information content (AvgIpc) is 2.53. The molecule has 1 aliphatic heterocycles. The molecule has 134 valence electrons. The molecule has 0 aliphatic carbocycles. The highest BCUT2D eigenvalue weighted by atomic mass is 16.6. The van der Waals surface area contributed by atoms with Gasteiger partial charge in [-0.25, -0.2) is 4.79 Å². The summed E-state index contributed by atoms with van der Waals surface area (Å²) in [4.78, 5) is 14.4. The fourth-order valence-corrected chi connectivity index (χ4v) is 2.80. The van der Waals surface area contributed by atoms with Gasteiger partial charge in [0.15, 0.2) is 11.5 Å². The lowest BCUT2D eigenvalue weighted by molar-refractivity contribution is 0.0115. The van der Waals surface area contributed by atoms with Crippen LogP contribution in [-0.4, -0.2) is 49.9 Å². The third-order valence-electron chi connectivity index (χ3n) is 3.74. The van der Waals surface area contributed by atoms with Crippen LogP contribution < -0.4 is 14.8 Å². The van der Waals surface area contributed by atoms with Crippen molar-refractivity contribution in [2.45, 2.75) is 39.3 Å². The molecule has 1 amide bonds. The predicted octanol–water partition coefficient (Wildman–Crippen LogP) is 2.98. The fraction of sp³-hybridized carbons (Fsp3) is 0.611. The number of hydrogen-bond donors (Lipinski definition) is 1. The third kappa shape index (κ3) is 4.32. The van der Waals surface area contributed by atoms with Gasteiger partial charge in [0.25, 0.3) is 0 Å². The van der Waals surface area contributed by atoms with E-state index in [4.69, 9.17) is 14.2 Å². The maximum Gasteiger partial charge on any atom is 0.410 e. The van der Waals surface area contributed by atoms with Crippen molar-refractivity contribution in [3.05, 3.63) is 23.8 Å². The molecule has 1 saturated heterocycles. The minimum absolute atomic E-state index is 0.163. The van der Waals surface area contributed by atoms with Crippen molar-refractivity contribution in [3.63, 3.8) is 0 Å². The molecule has 24 heavy (non-hydrogen) atoms. The lowest BCUT2D eigenvalue weighted by Gasteiger charge is -2.38. The molecule has 1 N–H and O–H groups in total. The maximum atomic E-state index is 12.6. The summed E-state index contributed by atoms with van der Waals surface area (Å²) < 4.78 is 16.8. The molecule has 6 nitrogen and oxygen atoms in total. The maximum absolute atomic E-state index is 12.6. The Kier molecular flexibility index (Phi) is 5.94. The summed E-state index contributed by atoms with van der Waals surface area (Å²) in [5, 5.41) is 3.34. The molecule has 1 fully saturated rings. The van der Waals surface area contributed by atoms with Crippen molar-refractivity contribution in [1.29, 1.82) is 0 Å². The molecule has 1 heterocycles. The number of benzene rings is 1. The van der Waals surface area contributed by atoms with Gasteiger partial charge in [-0.05, 0) is 33.8 Å². The van der Waals surface area contributed by atoms with Crippen LogP contribution in [0.15, 0.2) is 18.2 Å². The number of hydrogen-bond acceptors (Lipinski definition) is 5. The molecule has 2 rings (SSSR count). The molecule has 1 aliphatic rings. The van der Waals surface area contributed by atoms with Crippen molar-refractivity contribution in [1.82, 2.24) is 10.2 Å². The van der Waals surface area contributed by atoms with E-state index in [1.54, 1.807) is 12.0 Å². The smallest absolute Gasteiger partial charge is 0.410 e. The van der Waals surface area contributed by atoms with Gasteiger partial charge in [-0.15, -0.1) is 0 Å². The first kappa shape index (κ1) is 18.4. The molecular weight excluding hydrogens is 308 g/mol. The second kappa shape index (κ2) is 7.75. The van der Waals surface area contributed by atoms with Gasteiger partial charge in [0.05, 0.1) is 19.8 Å². The zero-order chi connectivity index (χ0) is 17.7. The van der Waals surface area contributed by atoms with E-state index in [1.165, 1.54) is 0 Å². The van der Waals surface area contributed by atoms with Gasteiger partial charge in [0.1, 0.15) is 5.60 Å². The minimum atomic E-state index is -0.524. The molecule has 0 saturated carbocycles. The zero-order valence-corrected chi connectivity index (χ0v) is 15.2. The Bertz CT molecular complexity index is 569. The number of carbonyl (C=O) groups excluding carboxylic acids is 1. The van der Waals surface area contributed by atoms with Crippen LogP contribution in [0.5, 0.6) is 11.5 Å². The summed E-state index contributed by atoms with van der Waals surface area (Å²) in [6.07, 6.45) is -0.308. The Morgan fingerprint density at radius 3 is 2.75 bits per heavy atom. The average molecular weight is 336 g/mol. The van der Waals surface area contributed by atoms with E-state index in [0.29, 0.717) is 31.2 Å². The summed E-state index contributed by atoms with van der Waals surface area (Å²) in [6, 6.07) is 5.60. The molecule has 1 atom stereocenters. The lowest BCUT2D eigenvalue weighted by Crippen LogP contribution is -2.50. The second-order valence-electron chi connectivity index (χ2n) is 6.71. The van der Waals surface area contributed by atoms with E-state index in [-0.39, 0.29) is 12.1 Å². The van der Waals surface area contributed by atoms with Crippen molar-refractivity contribution in [2.24, 2.45) is 0 Å². The third-order valence-corrected chi connectivity index (χ3v) is 3.74. The topological polar surface area (TPSA) is 60.0 Å². The van der Waals surface area contributed by atoms with Crippen LogP contribution in [0, 0.1) is 0 Å². The number of nitrogens with one attached hydrogen (secondary N) is 1. The highest BCUT2D eigenvalue weighted by molar-refractivity contribution is 5.69. The lowest BCUT2D eigenvalue weighted by atomic mass is 10.0. The molecule has 6 heteroatoms. The van der Waals surface area contributed by atoms with Gasteiger partial charge in [0, 0.05) is 25.2 Å². The Balaban J connectivity index is 2.33. The van der Waals surface area contributed by atoms with Gasteiger partial charge in [-0.1, -0.05) is 12.1 Å². The Hall–Kier alpha value is -1.95. The van der Waals surface area contributed by atoms with Crippen molar-refractivity contribution >= 4 is 6.09 Å². The number of amides is 1. The molecular formula is C18H28N2O4. The normalized spacial score (nSPS) is 18.2. The number of nitrogens with zero attached hydrogens (tertiary/aromatic N) is 1. The summed E-state index contributed by atoms with van der Waals surface area (Å²) in [6.45, 7) is 10.1. The fourth-order valence-electron chi connectivity index (χ4n) is 2.80. The second-order valence-corrected chi connectivity index (χ2v) is 6.71. The van der Waals surface area contributed by atoms with E-state index < -0.39 is 5.60 Å². The predicted molar refractivity (Wildman–Crippen MR) is 92.7 cm³/mol. The van der Waals surface area contributed by atoms with Crippen LogP contribution in [0.25, 0.3) is 0 Å². The minimum Gasteiger partial charge on any atom is -0.492 e. The van der Waals surface area contributed by atoms with Gasteiger partial charge in [-0.2, -0.15) is 0 Å². The quantitative estimate of drug-likeness (QED) is 0.916. The van der Waals surface area contributed by atoms with E-state index in [0.717, 1.165) is 12.1 Å². The monoisotopic (exact) mass is 336 g/mol. The molecule has 1 aromatic carbocycles. The van der Waals surface area contributed by atoms with E-state index in [9.17, 15) is 4.79 Å². The first-order valence-electron chi connectivity index (χ1n) is 8.37. The summed E-state index contributed by atoms with van der Waals surface area (Å²) in [5.74, 6) is 1.36. The van der Waals surface area contributed by atoms with Gasteiger partial charge in [-0.3, -0.25) is 4.90 Å². The summed E-state index contributed by atoms with van der Waals surface area (Å²) >= 11 is 0. The largest absolute Gasteiger partial charge is 0.492 e. The van der Waals surface area contributed by atoms with Crippen LogP contribution in [0.2, 0.25) is 0 Å². The van der Waals surface area contributed by atoms with Gasteiger partial charge < -0.3 is 19.5 Å². The molecule has 0 radical (unpaired) electrons. The Morgan fingerprint density at radius 1 is 1.38 bits per heavy atom. The number of carbonyl (C=O) groups is 1. The van der Waals surface area contributed by atoms with Crippen LogP contribution in [0.3, 0.4) is 0 Å². The summed E-state index contributed by atoms with van der Waals surface area (Å²) in [7, 11) is 1.62. The van der Waals surface area contributed by atoms with Crippen molar-refractivity contribution in [3.8, 4) is 11.5 Å². The van der Waals surface area contributed by atoms with E-state index in [1.807, 2.05) is 45.9 Å². The molecule has 1 aromatic rings. The van der Waals surface area contributed by atoms with Gasteiger partial charge >= 0.3 is 6.09 Å². The number of para-hydroxylation sites is 1. The van der Waals surface area contributed by atoms with Crippen molar-refractivity contribution < 1.29 is 19.0 Å². The van der Waals surface area contributed by atoms with Gasteiger partial charge in [0.2, 0.25) is 0 Å². The molecule has 0 aromatic heterocycles. The number of ether oxygens (including phenoxy) is 3. The standard InChI is InChI=1S/C18H28N2O4/c1-6-23-15-9-7-8-13(16(15)22-5)14-12-19-10-11-20(14)17(21)24-18(2,3)4/h7-9,14,19H,6,10-12H2,1-5H3. The zero-order valence-electron chi connectivity index (χ0n) is 15.2. The highest BCUT2D eigenvalue weighted by Crippen LogP contribution is 2.38.